The largest absolute Gasteiger partial charge is 0.303 e. The van der Waals surface area contributed by atoms with E-state index >= 15 is 0 Å². The average molecular weight is 264 g/mol. The highest BCUT2D eigenvalue weighted by Crippen LogP contribution is 2.13. The Balaban J connectivity index is 4.08. The molecule has 0 amide bonds. The van der Waals surface area contributed by atoms with Gasteiger partial charge >= 0.3 is 0 Å². The Morgan fingerprint density at radius 3 is 2.36 bits per heavy atom. The number of hydrogen-bond acceptors (Lipinski definition) is 2. The molecule has 0 saturated carbocycles. The van der Waals surface area contributed by atoms with Crippen molar-refractivity contribution in [1.82, 2.24) is 0 Å². The van der Waals surface area contributed by atoms with E-state index in [1.54, 1.807) is 12.4 Å². The predicted molar refractivity (Wildman–Crippen MR) is 58.8 cm³/mol. The summed E-state index contributed by atoms with van der Waals surface area (Å²) in [5.41, 5.74) is 0.454. The fourth-order valence-electron chi connectivity index (χ4n) is 0.344. The Labute approximate surface area is 81.4 Å². The molecule has 1 N–H and O–H groups in total. The zero-order valence-electron chi connectivity index (χ0n) is 7.06. The first kappa shape index (κ1) is 10.8. The summed E-state index contributed by atoms with van der Waals surface area (Å²) in [6.07, 6.45) is 3.25. The fraction of sp³-hybridized carbons (Fsp3) is 0.500. The van der Waals surface area contributed by atoms with Gasteiger partial charge in [0.25, 0.3) is 0 Å². The lowest BCUT2D eigenvalue weighted by molar-refractivity contribution is 0.595. The highest BCUT2D eigenvalue weighted by molar-refractivity contribution is 14.1. The molecule has 0 unspecified atom stereocenters. The van der Waals surface area contributed by atoms with Gasteiger partial charge in [-0.1, -0.05) is 43.4 Å². The van der Waals surface area contributed by atoms with Crippen LogP contribution in [0.25, 0.3) is 0 Å². The summed E-state index contributed by atoms with van der Waals surface area (Å²) in [5.74, 6) is 0. The van der Waals surface area contributed by atoms with Crippen LogP contribution in [0.3, 0.4) is 0 Å². The standard InChI is InChI=1S/C8H13IN2/c1-8(2,3)7(10)6-11-5-4-9/h4-6,10H,1-3H3/b5-4-,10-7?,11-6?. The van der Waals surface area contributed by atoms with Crippen LogP contribution in [0.1, 0.15) is 20.8 Å². The van der Waals surface area contributed by atoms with Crippen molar-refractivity contribution in [1.29, 1.82) is 5.41 Å². The van der Waals surface area contributed by atoms with Crippen LogP contribution < -0.4 is 0 Å². The third kappa shape index (κ3) is 5.12. The van der Waals surface area contributed by atoms with Gasteiger partial charge in [-0.15, -0.1) is 0 Å². The summed E-state index contributed by atoms with van der Waals surface area (Å²) in [7, 11) is 0. The number of hydrogen-bond donors (Lipinski definition) is 1. The second kappa shape index (κ2) is 4.64. The summed E-state index contributed by atoms with van der Waals surface area (Å²) < 4.78 is 1.81. The van der Waals surface area contributed by atoms with Crippen LogP contribution in [-0.2, 0) is 0 Å². The molecule has 0 aromatic carbocycles. The zero-order chi connectivity index (χ0) is 8.91. The monoisotopic (exact) mass is 264 g/mol. The predicted octanol–water partition coefficient (Wildman–Crippen LogP) is 3.03. The van der Waals surface area contributed by atoms with Crippen molar-refractivity contribution >= 4 is 34.5 Å². The fourth-order valence-corrected chi connectivity index (χ4v) is 0.529. The molecule has 0 aliphatic carbocycles. The number of rotatable bonds is 2. The second-order valence-corrected chi connectivity index (χ2v) is 3.94. The Kier molecular flexibility index (Phi) is 4.56. The molecule has 0 bridgehead atoms. The van der Waals surface area contributed by atoms with Gasteiger partial charge in [0.1, 0.15) is 0 Å². The van der Waals surface area contributed by atoms with E-state index in [9.17, 15) is 0 Å². The summed E-state index contributed by atoms with van der Waals surface area (Å²) in [6.45, 7) is 5.99. The maximum atomic E-state index is 7.53. The van der Waals surface area contributed by atoms with Crippen molar-refractivity contribution in [3.8, 4) is 0 Å². The maximum Gasteiger partial charge on any atom is 0.0549 e. The van der Waals surface area contributed by atoms with Crippen molar-refractivity contribution in [3.63, 3.8) is 0 Å². The van der Waals surface area contributed by atoms with E-state index in [1.807, 2.05) is 24.9 Å². The lowest BCUT2D eigenvalue weighted by Gasteiger charge is -2.15. The van der Waals surface area contributed by atoms with Crippen molar-refractivity contribution in [2.75, 3.05) is 0 Å². The lowest BCUT2D eigenvalue weighted by atomic mass is 9.91. The molecule has 0 fully saturated rings. The smallest absolute Gasteiger partial charge is 0.0549 e. The molecule has 0 aliphatic heterocycles. The van der Waals surface area contributed by atoms with Gasteiger partial charge in [-0.05, 0) is 4.08 Å². The van der Waals surface area contributed by atoms with Crippen LogP contribution >= 0.6 is 22.6 Å². The molecule has 0 radical (unpaired) electrons. The number of nitrogens with zero attached hydrogens (tertiary/aromatic N) is 1. The molecule has 0 rings (SSSR count). The van der Waals surface area contributed by atoms with Crippen molar-refractivity contribution in [2.45, 2.75) is 20.8 Å². The Bertz CT molecular complexity index is 187. The van der Waals surface area contributed by atoms with Crippen molar-refractivity contribution < 1.29 is 0 Å². The highest BCUT2D eigenvalue weighted by Gasteiger charge is 2.14. The van der Waals surface area contributed by atoms with Crippen LogP contribution in [0.2, 0.25) is 0 Å². The number of nitrogens with one attached hydrogen (secondary N) is 1. The van der Waals surface area contributed by atoms with E-state index in [0.29, 0.717) is 5.71 Å². The van der Waals surface area contributed by atoms with E-state index in [1.165, 1.54) is 0 Å². The molecular weight excluding hydrogens is 251 g/mol. The molecule has 11 heavy (non-hydrogen) atoms. The van der Waals surface area contributed by atoms with Crippen LogP contribution in [0.15, 0.2) is 15.3 Å². The van der Waals surface area contributed by atoms with Gasteiger partial charge < -0.3 is 5.41 Å². The minimum absolute atomic E-state index is 0.0946. The average Bonchev–Trinajstić information content (AvgIpc) is 1.86. The van der Waals surface area contributed by atoms with E-state index in [2.05, 4.69) is 27.6 Å². The van der Waals surface area contributed by atoms with Crippen LogP contribution in [-0.4, -0.2) is 11.9 Å². The van der Waals surface area contributed by atoms with Gasteiger partial charge in [0, 0.05) is 17.8 Å². The van der Waals surface area contributed by atoms with Gasteiger partial charge in [0.05, 0.1) is 5.71 Å². The molecule has 2 nitrogen and oxygen atoms in total. The molecule has 0 atom stereocenters. The molecule has 0 spiro atoms. The first-order valence-electron chi connectivity index (χ1n) is 3.36. The number of halogens is 1. The first-order chi connectivity index (χ1) is 4.98. The van der Waals surface area contributed by atoms with E-state index < -0.39 is 0 Å². The van der Waals surface area contributed by atoms with Crippen LogP contribution in [0.4, 0.5) is 0 Å². The highest BCUT2D eigenvalue weighted by atomic mass is 127. The molecule has 0 heterocycles. The van der Waals surface area contributed by atoms with Gasteiger partial charge in [0.15, 0.2) is 0 Å². The quantitative estimate of drug-likeness (QED) is 0.588. The van der Waals surface area contributed by atoms with Gasteiger partial charge in [-0.2, -0.15) is 0 Å². The molecule has 0 aliphatic rings. The lowest BCUT2D eigenvalue weighted by Crippen LogP contribution is -2.19. The minimum Gasteiger partial charge on any atom is -0.303 e. The molecule has 0 aromatic heterocycles. The number of aliphatic imine (C=N–C) groups is 1. The Morgan fingerprint density at radius 1 is 1.45 bits per heavy atom. The van der Waals surface area contributed by atoms with Gasteiger partial charge in [-0.3, -0.25) is 4.99 Å². The summed E-state index contributed by atoms with van der Waals surface area (Å²) in [6, 6.07) is 0. The summed E-state index contributed by atoms with van der Waals surface area (Å²) in [4.78, 5) is 3.92. The van der Waals surface area contributed by atoms with Crippen molar-refractivity contribution in [3.05, 3.63) is 10.3 Å². The minimum atomic E-state index is -0.0946. The topological polar surface area (TPSA) is 36.2 Å². The van der Waals surface area contributed by atoms with E-state index in [4.69, 9.17) is 5.41 Å². The Morgan fingerprint density at radius 2 is 2.00 bits per heavy atom. The second-order valence-electron chi connectivity index (χ2n) is 3.22. The molecule has 62 valence electrons. The third-order valence-corrected chi connectivity index (χ3v) is 1.48. The summed E-state index contributed by atoms with van der Waals surface area (Å²) in [5, 5.41) is 7.53. The van der Waals surface area contributed by atoms with E-state index in [0.717, 1.165) is 0 Å². The molecule has 0 saturated heterocycles. The van der Waals surface area contributed by atoms with Gasteiger partial charge in [-0.25, -0.2) is 0 Å². The molecular formula is C8H13IN2. The van der Waals surface area contributed by atoms with Crippen molar-refractivity contribution in [2.24, 2.45) is 10.4 Å². The third-order valence-electron chi connectivity index (χ3n) is 1.15. The molecule has 0 aromatic rings. The summed E-state index contributed by atoms with van der Waals surface area (Å²) >= 11 is 2.09. The van der Waals surface area contributed by atoms with Crippen LogP contribution in [0, 0.1) is 10.8 Å². The SMILES string of the molecule is CC(C)(C)C(=N)C=N/C=C\I. The van der Waals surface area contributed by atoms with Crippen LogP contribution in [0.5, 0.6) is 0 Å². The maximum absolute atomic E-state index is 7.53. The van der Waals surface area contributed by atoms with Gasteiger partial charge in [0.2, 0.25) is 0 Å². The molecule has 3 heteroatoms. The normalized spacial score (nSPS) is 13.1. The van der Waals surface area contributed by atoms with E-state index in [-0.39, 0.29) is 5.41 Å². The first-order valence-corrected chi connectivity index (χ1v) is 4.60. The Hall–Kier alpha value is -0.190. The zero-order valence-corrected chi connectivity index (χ0v) is 9.21.